The minimum absolute atomic E-state index is 0.284. The molecule has 3 rings (SSSR count). The predicted molar refractivity (Wildman–Crippen MR) is 103 cm³/mol. The Labute approximate surface area is 152 Å². The van der Waals surface area contributed by atoms with Crippen molar-refractivity contribution in [1.82, 2.24) is 9.97 Å². The number of carbonyl (C=O) groups excluding carboxylic acids is 1. The predicted octanol–water partition coefficient (Wildman–Crippen LogP) is 4.11. The summed E-state index contributed by atoms with van der Waals surface area (Å²) in [5.74, 6) is 0.472. The highest BCUT2D eigenvalue weighted by Gasteiger charge is 2.17. The quantitative estimate of drug-likeness (QED) is 0.653. The molecule has 0 radical (unpaired) electrons. The summed E-state index contributed by atoms with van der Waals surface area (Å²) < 4.78 is 5.13. The zero-order valence-corrected chi connectivity index (χ0v) is 14.7. The van der Waals surface area contributed by atoms with Crippen LogP contribution in [0, 0.1) is 0 Å². The molecular weight excluding hydrogens is 328 g/mol. The molecule has 0 aliphatic rings. The Bertz CT molecular complexity index is 897. The van der Waals surface area contributed by atoms with Gasteiger partial charge in [0.2, 0.25) is 0 Å². The molecule has 0 fully saturated rings. The van der Waals surface area contributed by atoms with Crippen molar-refractivity contribution >= 4 is 23.2 Å². The van der Waals surface area contributed by atoms with Crippen LogP contribution in [0.3, 0.4) is 0 Å². The second kappa shape index (κ2) is 8.11. The first-order chi connectivity index (χ1) is 12.7. The Kier molecular flexibility index (Phi) is 5.43. The molecule has 0 amide bonds. The summed E-state index contributed by atoms with van der Waals surface area (Å²) in [5, 5.41) is 6.34. The number of benzene rings is 2. The lowest BCUT2D eigenvalue weighted by molar-refractivity contribution is 0.0526. The molecule has 2 aromatic carbocycles. The van der Waals surface area contributed by atoms with Gasteiger partial charge >= 0.3 is 5.97 Å². The number of esters is 1. The topological polar surface area (TPSA) is 76.1 Å². The van der Waals surface area contributed by atoms with Crippen LogP contribution in [0.1, 0.15) is 17.3 Å². The molecule has 0 spiro atoms. The van der Waals surface area contributed by atoms with Crippen molar-refractivity contribution in [2.45, 2.75) is 6.92 Å². The van der Waals surface area contributed by atoms with E-state index in [0.29, 0.717) is 11.6 Å². The van der Waals surface area contributed by atoms with E-state index in [1.165, 1.54) is 6.20 Å². The number of carbonyl (C=O) groups is 1. The standard InChI is InChI=1S/C20H20N4O2/c1-3-26-20(25)15-13-22-18(14-9-5-4-6-10-14)24-19(15)23-17-12-8-7-11-16(17)21-2/h4-13,21H,3H2,1-2H3,(H,22,23,24). The monoisotopic (exact) mass is 348 g/mol. The van der Waals surface area contributed by atoms with Crippen molar-refractivity contribution < 1.29 is 9.53 Å². The lowest BCUT2D eigenvalue weighted by atomic mass is 10.2. The lowest BCUT2D eigenvalue weighted by Crippen LogP contribution is -2.11. The second-order valence-electron chi connectivity index (χ2n) is 5.46. The van der Waals surface area contributed by atoms with Crippen LogP contribution in [-0.4, -0.2) is 29.6 Å². The first kappa shape index (κ1) is 17.4. The van der Waals surface area contributed by atoms with Gasteiger partial charge in [0, 0.05) is 18.8 Å². The molecule has 0 bridgehead atoms. The van der Waals surface area contributed by atoms with Crippen LogP contribution in [0.2, 0.25) is 0 Å². The fraction of sp³-hybridized carbons (Fsp3) is 0.150. The van der Waals surface area contributed by atoms with Crippen molar-refractivity contribution in [3.8, 4) is 11.4 Å². The summed E-state index contributed by atoms with van der Waals surface area (Å²) >= 11 is 0. The van der Waals surface area contributed by atoms with Gasteiger partial charge in [0.05, 0.1) is 18.0 Å². The Morgan fingerprint density at radius 1 is 1.04 bits per heavy atom. The summed E-state index contributed by atoms with van der Waals surface area (Å²) in [4.78, 5) is 21.2. The zero-order valence-electron chi connectivity index (χ0n) is 14.7. The van der Waals surface area contributed by atoms with Crippen LogP contribution in [0.15, 0.2) is 60.8 Å². The van der Waals surface area contributed by atoms with Gasteiger partial charge in [0.1, 0.15) is 11.4 Å². The number of hydrogen-bond donors (Lipinski definition) is 2. The van der Waals surface area contributed by atoms with Crippen molar-refractivity contribution in [2.24, 2.45) is 0 Å². The number of rotatable bonds is 6. The van der Waals surface area contributed by atoms with Crippen molar-refractivity contribution in [1.29, 1.82) is 0 Å². The highest BCUT2D eigenvalue weighted by atomic mass is 16.5. The van der Waals surface area contributed by atoms with Gasteiger partial charge < -0.3 is 15.4 Å². The smallest absolute Gasteiger partial charge is 0.343 e. The average molecular weight is 348 g/mol. The fourth-order valence-corrected chi connectivity index (χ4v) is 2.50. The molecule has 2 N–H and O–H groups in total. The normalized spacial score (nSPS) is 10.2. The number of ether oxygens (including phenoxy) is 1. The van der Waals surface area contributed by atoms with E-state index in [0.717, 1.165) is 16.9 Å². The number of aromatic nitrogens is 2. The fourth-order valence-electron chi connectivity index (χ4n) is 2.50. The zero-order chi connectivity index (χ0) is 18.4. The van der Waals surface area contributed by atoms with Crippen LogP contribution in [0.4, 0.5) is 17.2 Å². The Morgan fingerprint density at radius 2 is 1.73 bits per heavy atom. The number of nitrogens with zero attached hydrogens (tertiary/aromatic N) is 2. The maximum Gasteiger partial charge on any atom is 0.343 e. The highest BCUT2D eigenvalue weighted by Crippen LogP contribution is 2.27. The van der Waals surface area contributed by atoms with Crippen LogP contribution >= 0.6 is 0 Å². The third-order valence-corrected chi connectivity index (χ3v) is 3.77. The summed E-state index contributed by atoms with van der Waals surface area (Å²) in [7, 11) is 1.84. The molecule has 6 heteroatoms. The SMILES string of the molecule is CCOC(=O)c1cnc(-c2ccccc2)nc1Nc1ccccc1NC. The van der Waals surface area contributed by atoms with Gasteiger partial charge in [-0.1, -0.05) is 42.5 Å². The number of hydrogen-bond acceptors (Lipinski definition) is 6. The maximum atomic E-state index is 12.3. The molecule has 0 saturated heterocycles. The van der Waals surface area contributed by atoms with Gasteiger partial charge in [-0.05, 0) is 19.1 Å². The minimum atomic E-state index is -0.462. The van der Waals surface area contributed by atoms with Gasteiger partial charge in [0.15, 0.2) is 5.82 Å². The molecule has 26 heavy (non-hydrogen) atoms. The van der Waals surface area contributed by atoms with E-state index in [4.69, 9.17) is 4.74 Å². The third-order valence-electron chi connectivity index (χ3n) is 3.77. The summed E-state index contributed by atoms with van der Waals surface area (Å²) in [6.07, 6.45) is 1.50. The molecule has 6 nitrogen and oxygen atoms in total. The van der Waals surface area contributed by atoms with E-state index in [-0.39, 0.29) is 12.2 Å². The Morgan fingerprint density at radius 3 is 2.42 bits per heavy atom. The molecule has 0 saturated carbocycles. The molecule has 1 heterocycles. The number of nitrogens with one attached hydrogen (secondary N) is 2. The molecule has 0 aliphatic heterocycles. The van der Waals surface area contributed by atoms with Gasteiger partial charge in [-0.25, -0.2) is 14.8 Å². The summed E-state index contributed by atoms with van der Waals surface area (Å²) in [6, 6.07) is 17.3. The van der Waals surface area contributed by atoms with Crippen LogP contribution in [-0.2, 0) is 4.74 Å². The van der Waals surface area contributed by atoms with E-state index < -0.39 is 5.97 Å². The van der Waals surface area contributed by atoms with Gasteiger partial charge in [-0.3, -0.25) is 0 Å². The molecule has 0 atom stereocenters. The van der Waals surface area contributed by atoms with Gasteiger partial charge in [-0.2, -0.15) is 0 Å². The van der Waals surface area contributed by atoms with Gasteiger partial charge in [0.25, 0.3) is 0 Å². The first-order valence-electron chi connectivity index (χ1n) is 8.36. The largest absolute Gasteiger partial charge is 0.462 e. The summed E-state index contributed by atoms with van der Waals surface area (Å²) in [5.41, 5.74) is 2.85. The van der Waals surface area contributed by atoms with Crippen LogP contribution in [0.25, 0.3) is 11.4 Å². The van der Waals surface area contributed by atoms with Crippen molar-refractivity contribution in [3.63, 3.8) is 0 Å². The number of para-hydroxylation sites is 2. The lowest BCUT2D eigenvalue weighted by Gasteiger charge is -2.14. The molecule has 1 aromatic heterocycles. The molecule has 3 aromatic rings. The van der Waals surface area contributed by atoms with E-state index >= 15 is 0 Å². The van der Waals surface area contributed by atoms with Crippen LogP contribution in [0.5, 0.6) is 0 Å². The van der Waals surface area contributed by atoms with E-state index in [1.807, 2.05) is 61.6 Å². The maximum absolute atomic E-state index is 12.3. The van der Waals surface area contributed by atoms with E-state index in [1.54, 1.807) is 6.92 Å². The highest BCUT2D eigenvalue weighted by molar-refractivity contribution is 5.96. The average Bonchev–Trinajstić information content (AvgIpc) is 2.69. The second-order valence-corrected chi connectivity index (χ2v) is 5.46. The van der Waals surface area contributed by atoms with E-state index in [9.17, 15) is 4.79 Å². The Hall–Kier alpha value is -3.41. The summed E-state index contributed by atoms with van der Waals surface area (Å²) in [6.45, 7) is 2.05. The molecule has 0 unspecified atom stereocenters. The minimum Gasteiger partial charge on any atom is -0.462 e. The molecule has 132 valence electrons. The van der Waals surface area contributed by atoms with Crippen molar-refractivity contribution in [2.75, 3.05) is 24.3 Å². The van der Waals surface area contributed by atoms with Gasteiger partial charge in [-0.15, -0.1) is 0 Å². The van der Waals surface area contributed by atoms with E-state index in [2.05, 4.69) is 20.6 Å². The van der Waals surface area contributed by atoms with Crippen LogP contribution < -0.4 is 10.6 Å². The Balaban J connectivity index is 2.05. The molecular formula is C20H20N4O2. The molecule has 0 aliphatic carbocycles. The van der Waals surface area contributed by atoms with Crippen molar-refractivity contribution in [3.05, 3.63) is 66.4 Å². The first-order valence-corrected chi connectivity index (χ1v) is 8.36. The third kappa shape index (κ3) is 3.80. The number of anilines is 3.